The predicted octanol–water partition coefficient (Wildman–Crippen LogP) is 0.997. The summed E-state index contributed by atoms with van der Waals surface area (Å²) in [5.41, 5.74) is 7.06. The third-order valence-electron chi connectivity index (χ3n) is 4.21. The Morgan fingerprint density at radius 1 is 1.33 bits per heavy atom. The number of benzene rings is 1. The zero-order chi connectivity index (χ0) is 15.5. The van der Waals surface area contributed by atoms with Crippen LogP contribution in [0, 0.1) is 11.8 Å². The number of rotatable bonds is 6. The molecule has 2 atom stereocenters. The third kappa shape index (κ3) is 3.66. The average Bonchev–Trinajstić information content (AvgIpc) is 2.93. The van der Waals surface area contributed by atoms with Gasteiger partial charge < -0.3 is 16.2 Å². The van der Waals surface area contributed by atoms with Crippen molar-refractivity contribution in [3.05, 3.63) is 18.2 Å². The fourth-order valence-corrected chi connectivity index (χ4v) is 3.62. The van der Waals surface area contributed by atoms with Gasteiger partial charge in [0.15, 0.2) is 0 Å². The number of aliphatic hydroxyl groups excluding tert-OH is 1. The van der Waals surface area contributed by atoms with E-state index in [-0.39, 0.29) is 11.5 Å². The number of hydrogen-bond acceptors (Lipinski definition) is 5. The lowest BCUT2D eigenvalue weighted by Crippen LogP contribution is -2.21. The lowest BCUT2D eigenvalue weighted by Gasteiger charge is -2.19. The monoisotopic (exact) mass is 313 g/mol. The fraction of sp³-hybridized carbons (Fsp3) is 0.571. The van der Waals surface area contributed by atoms with Gasteiger partial charge in [0.25, 0.3) is 0 Å². The van der Waals surface area contributed by atoms with Gasteiger partial charge in [-0.1, -0.05) is 6.42 Å². The minimum atomic E-state index is -3.47. The molecule has 0 aromatic heterocycles. The van der Waals surface area contributed by atoms with Crippen molar-refractivity contribution in [2.75, 3.05) is 31.2 Å². The molecule has 1 aliphatic carbocycles. The molecule has 118 valence electrons. The normalized spacial score (nSPS) is 22.4. The van der Waals surface area contributed by atoms with E-state index in [0.29, 0.717) is 17.5 Å². The molecular weight excluding hydrogens is 290 g/mol. The number of nitrogens with two attached hydrogens (primary N) is 1. The standard InChI is InChI=1S/C14H23N3O3S/c1-16-21(19,20)12-5-6-14(13(15)7-12)17-8-10-3-2-4-11(10)9-18/h5-7,10-11,16-18H,2-4,8-9,15H2,1H3. The summed E-state index contributed by atoms with van der Waals surface area (Å²) in [4.78, 5) is 0.155. The van der Waals surface area contributed by atoms with E-state index in [1.54, 1.807) is 6.07 Å². The van der Waals surface area contributed by atoms with Crippen LogP contribution in [0.3, 0.4) is 0 Å². The largest absolute Gasteiger partial charge is 0.397 e. The zero-order valence-corrected chi connectivity index (χ0v) is 13.0. The molecule has 2 rings (SSSR count). The van der Waals surface area contributed by atoms with Gasteiger partial charge in [-0.05, 0) is 49.9 Å². The Kier molecular flexibility index (Phi) is 5.08. The second-order valence-electron chi connectivity index (χ2n) is 5.47. The van der Waals surface area contributed by atoms with Gasteiger partial charge in [-0.25, -0.2) is 13.1 Å². The Balaban J connectivity index is 2.05. The summed E-state index contributed by atoms with van der Waals surface area (Å²) in [5.74, 6) is 0.790. The van der Waals surface area contributed by atoms with Crippen molar-refractivity contribution in [2.45, 2.75) is 24.2 Å². The van der Waals surface area contributed by atoms with Crippen LogP contribution in [-0.4, -0.2) is 33.7 Å². The number of sulfonamides is 1. The van der Waals surface area contributed by atoms with Crippen LogP contribution in [0.1, 0.15) is 19.3 Å². The molecule has 0 saturated heterocycles. The molecule has 7 heteroatoms. The quantitative estimate of drug-likeness (QED) is 0.586. The number of nitrogen functional groups attached to an aromatic ring is 1. The lowest BCUT2D eigenvalue weighted by atomic mass is 9.97. The van der Waals surface area contributed by atoms with Crippen LogP contribution in [0.15, 0.2) is 23.1 Å². The van der Waals surface area contributed by atoms with Crippen molar-refractivity contribution in [3.63, 3.8) is 0 Å². The van der Waals surface area contributed by atoms with E-state index in [1.165, 1.54) is 19.2 Å². The summed E-state index contributed by atoms with van der Waals surface area (Å²) >= 11 is 0. The Bertz CT molecular complexity index is 589. The summed E-state index contributed by atoms with van der Waals surface area (Å²) < 4.78 is 25.7. The van der Waals surface area contributed by atoms with Crippen LogP contribution < -0.4 is 15.8 Å². The van der Waals surface area contributed by atoms with Gasteiger partial charge in [-0.3, -0.25) is 0 Å². The van der Waals surface area contributed by atoms with E-state index < -0.39 is 10.0 Å². The first-order chi connectivity index (χ1) is 9.97. The molecule has 1 aromatic carbocycles. The Morgan fingerprint density at radius 2 is 2.05 bits per heavy atom. The molecule has 1 saturated carbocycles. The maximum atomic E-state index is 11.7. The maximum absolute atomic E-state index is 11.7. The van der Waals surface area contributed by atoms with Crippen LogP contribution in [0.2, 0.25) is 0 Å². The summed E-state index contributed by atoms with van der Waals surface area (Å²) in [6.07, 6.45) is 3.31. The number of nitrogens with one attached hydrogen (secondary N) is 2. The van der Waals surface area contributed by atoms with E-state index >= 15 is 0 Å². The van der Waals surface area contributed by atoms with E-state index in [2.05, 4.69) is 10.0 Å². The molecule has 21 heavy (non-hydrogen) atoms. The highest BCUT2D eigenvalue weighted by molar-refractivity contribution is 7.89. The van der Waals surface area contributed by atoms with Crippen molar-refractivity contribution in [2.24, 2.45) is 11.8 Å². The molecule has 0 heterocycles. The summed E-state index contributed by atoms with van der Waals surface area (Å²) in [5, 5.41) is 12.6. The van der Waals surface area contributed by atoms with E-state index in [9.17, 15) is 13.5 Å². The highest BCUT2D eigenvalue weighted by atomic mass is 32.2. The molecule has 0 radical (unpaired) electrons. The van der Waals surface area contributed by atoms with Gasteiger partial charge in [0.05, 0.1) is 16.3 Å². The van der Waals surface area contributed by atoms with Crippen molar-refractivity contribution in [1.82, 2.24) is 4.72 Å². The summed E-state index contributed by atoms with van der Waals surface area (Å²) in [6, 6.07) is 4.66. The van der Waals surface area contributed by atoms with Gasteiger partial charge in [0, 0.05) is 13.2 Å². The molecule has 1 aromatic rings. The van der Waals surface area contributed by atoms with Gasteiger partial charge in [-0.2, -0.15) is 0 Å². The molecule has 0 bridgehead atoms. The predicted molar refractivity (Wildman–Crippen MR) is 83.5 cm³/mol. The lowest BCUT2D eigenvalue weighted by molar-refractivity contribution is 0.199. The summed E-state index contributed by atoms with van der Waals surface area (Å²) in [6.45, 7) is 0.967. The molecule has 0 aliphatic heterocycles. The van der Waals surface area contributed by atoms with Gasteiger partial charge in [0.2, 0.25) is 10.0 Å². The number of aliphatic hydroxyl groups is 1. The Morgan fingerprint density at radius 3 is 2.67 bits per heavy atom. The van der Waals surface area contributed by atoms with Crippen LogP contribution >= 0.6 is 0 Å². The van der Waals surface area contributed by atoms with Crippen LogP contribution in [0.5, 0.6) is 0 Å². The summed E-state index contributed by atoms with van der Waals surface area (Å²) in [7, 11) is -2.10. The topological polar surface area (TPSA) is 104 Å². The number of hydrogen-bond donors (Lipinski definition) is 4. The van der Waals surface area contributed by atoms with Gasteiger partial charge in [-0.15, -0.1) is 0 Å². The molecular formula is C14H23N3O3S. The highest BCUT2D eigenvalue weighted by Crippen LogP contribution is 2.32. The molecule has 0 amide bonds. The first-order valence-corrected chi connectivity index (χ1v) is 8.64. The fourth-order valence-electron chi connectivity index (χ4n) is 2.85. The first-order valence-electron chi connectivity index (χ1n) is 7.15. The molecule has 6 nitrogen and oxygen atoms in total. The van der Waals surface area contributed by atoms with Crippen molar-refractivity contribution in [3.8, 4) is 0 Å². The van der Waals surface area contributed by atoms with Crippen LogP contribution in [0.25, 0.3) is 0 Å². The zero-order valence-electron chi connectivity index (χ0n) is 12.2. The molecule has 2 unspecified atom stereocenters. The van der Waals surface area contributed by atoms with Crippen molar-refractivity contribution in [1.29, 1.82) is 0 Å². The van der Waals surface area contributed by atoms with E-state index in [1.807, 2.05) is 0 Å². The molecule has 1 fully saturated rings. The van der Waals surface area contributed by atoms with Crippen molar-refractivity contribution < 1.29 is 13.5 Å². The average molecular weight is 313 g/mol. The van der Waals surface area contributed by atoms with Gasteiger partial charge in [0.1, 0.15) is 0 Å². The molecule has 5 N–H and O–H groups in total. The minimum absolute atomic E-state index is 0.155. The molecule has 0 spiro atoms. The Hall–Kier alpha value is -1.31. The SMILES string of the molecule is CNS(=O)(=O)c1ccc(NCC2CCCC2CO)c(N)c1. The Labute approximate surface area is 125 Å². The highest BCUT2D eigenvalue weighted by Gasteiger charge is 2.26. The number of anilines is 2. The third-order valence-corrected chi connectivity index (χ3v) is 5.62. The first kappa shape index (κ1) is 16.1. The van der Waals surface area contributed by atoms with E-state index in [0.717, 1.165) is 31.5 Å². The second-order valence-corrected chi connectivity index (χ2v) is 7.36. The van der Waals surface area contributed by atoms with Gasteiger partial charge >= 0.3 is 0 Å². The smallest absolute Gasteiger partial charge is 0.240 e. The van der Waals surface area contributed by atoms with E-state index in [4.69, 9.17) is 5.73 Å². The van der Waals surface area contributed by atoms with Crippen LogP contribution in [-0.2, 0) is 10.0 Å². The van der Waals surface area contributed by atoms with Crippen LogP contribution in [0.4, 0.5) is 11.4 Å². The maximum Gasteiger partial charge on any atom is 0.240 e. The van der Waals surface area contributed by atoms with Crippen molar-refractivity contribution >= 4 is 21.4 Å². The second kappa shape index (κ2) is 6.64. The minimum Gasteiger partial charge on any atom is -0.397 e. The molecule has 1 aliphatic rings.